The summed E-state index contributed by atoms with van der Waals surface area (Å²) in [5.41, 5.74) is 0. The Hall–Kier alpha value is -0.570. The molecule has 27 heavy (non-hydrogen) atoms. The molecule has 0 bridgehead atoms. The second-order valence-corrected chi connectivity index (χ2v) is 8.39. The van der Waals surface area contributed by atoms with Gasteiger partial charge in [0.05, 0.1) is 6.10 Å². The lowest BCUT2D eigenvalue weighted by molar-refractivity contribution is -0.137. The molecule has 0 aromatic carbocycles. The maximum atomic E-state index is 10.4. The molecule has 0 amide bonds. The standard InChI is InChI=1S/C24H48O3/c1-2-3-4-5-11-14-17-20-23(25)21-18-15-12-9-7-6-8-10-13-16-19-22-24(26)27/h23,25H,2-22H2,1H3,(H,26,27). The van der Waals surface area contributed by atoms with E-state index in [1.165, 1.54) is 103 Å². The minimum Gasteiger partial charge on any atom is -0.481 e. The van der Waals surface area contributed by atoms with Crippen LogP contribution in [-0.2, 0) is 4.79 Å². The number of carboxylic acid groups (broad SMARTS) is 1. The first kappa shape index (κ1) is 26.4. The van der Waals surface area contributed by atoms with Crippen molar-refractivity contribution in [2.45, 2.75) is 148 Å². The summed E-state index contributed by atoms with van der Waals surface area (Å²) in [6.45, 7) is 2.26. The summed E-state index contributed by atoms with van der Waals surface area (Å²) >= 11 is 0. The van der Waals surface area contributed by atoms with Crippen LogP contribution in [0.1, 0.15) is 142 Å². The number of carbonyl (C=O) groups is 1. The quantitative estimate of drug-likeness (QED) is 0.188. The van der Waals surface area contributed by atoms with Crippen molar-refractivity contribution in [3.63, 3.8) is 0 Å². The lowest BCUT2D eigenvalue weighted by Crippen LogP contribution is -2.05. The Balaban J connectivity index is 3.13. The highest BCUT2D eigenvalue weighted by molar-refractivity contribution is 5.66. The molecule has 0 aliphatic heterocycles. The third-order valence-electron chi connectivity index (χ3n) is 5.57. The minimum atomic E-state index is -0.666. The third-order valence-corrected chi connectivity index (χ3v) is 5.57. The van der Waals surface area contributed by atoms with E-state index in [9.17, 15) is 9.90 Å². The number of unbranched alkanes of at least 4 members (excludes halogenated alkanes) is 16. The maximum Gasteiger partial charge on any atom is 0.303 e. The maximum absolute atomic E-state index is 10.4. The largest absolute Gasteiger partial charge is 0.481 e. The van der Waals surface area contributed by atoms with Crippen LogP contribution in [0.5, 0.6) is 0 Å². The fraction of sp³-hybridized carbons (Fsp3) is 0.958. The van der Waals surface area contributed by atoms with Gasteiger partial charge in [0, 0.05) is 6.42 Å². The van der Waals surface area contributed by atoms with Gasteiger partial charge in [-0.25, -0.2) is 0 Å². The van der Waals surface area contributed by atoms with E-state index >= 15 is 0 Å². The Labute approximate surface area is 169 Å². The van der Waals surface area contributed by atoms with Gasteiger partial charge in [-0.15, -0.1) is 0 Å². The molecule has 3 nitrogen and oxygen atoms in total. The molecule has 0 spiro atoms. The van der Waals surface area contributed by atoms with E-state index in [0.29, 0.717) is 6.42 Å². The van der Waals surface area contributed by atoms with Crippen molar-refractivity contribution < 1.29 is 15.0 Å². The summed E-state index contributed by atoms with van der Waals surface area (Å²) < 4.78 is 0. The van der Waals surface area contributed by atoms with E-state index in [0.717, 1.165) is 25.7 Å². The predicted molar refractivity (Wildman–Crippen MR) is 116 cm³/mol. The molecule has 0 radical (unpaired) electrons. The Morgan fingerprint density at radius 1 is 0.593 bits per heavy atom. The predicted octanol–water partition coefficient (Wildman–Crippen LogP) is 7.64. The van der Waals surface area contributed by atoms with Gasteiger partial charge in [0.2, 0.25) is 0 Å². The molecule has 0 aliphatic rings. The van der Waals surface area contributed by atoms with Crippen LogP contribution in [0.2, 0.25) is 0 Å². The first-order chi connectivity index (χ1) is 13.2. The average molecular weight is 385 g/mol. The summed E-state index contributed by atoms with van der Waals surface area (Å²) in [6.07, 6.45) is 24.9. The van der Waals surface area contributed by atoms with E-state index in [1.54, 1.807) is 0 Å². The molecule has 0 saturated heterocycles. The molecular weight excluding hydrogens is 336 g/mol. The van der Waals surface area contributed by atoms with Gasteiger partial charge in [-0.1, -0.05) is 116 Å². The van der Waals surface area contributed by atoms with E-state index in [4.69, 9.17) is 5.11 Å². The van der Waals surface area contributed by atoms with Crippen molar-refractivity contribution in [2.24, 2.45) is 0 Å². The number of aliphatic hydroxyl groups excluding tert-OH is 1. The van der Waals surface area contributed by atoms with Crippen molar-refractivity contribution in [1.82, 2.24) is 0 Å². The van der Waals surface area contributed by atoms with Crippen LogP contribution in [0.3, 0.4) is 0 Å². The molecule has 0 aromatic rings. The Kier molecular flexibility index (Phi) is 21.3. The van der Waals surface area contributed by atoms with Gasteiger partial charge in [0.15, 0.2) is 0 Å². The molecule has 0 fully saturated rings. The molecule has 1 atom stereocenters. The number of hydrogen-bond donors (Lipinski definition) is 2. The zero-order valence-corrected chi connectivity index (χ0v) is 18.2. The van der Waals surface area contributed by atoms with Gasteiger partial charge < -0.3 is 10.2 Å². The molecule has 0 heterocycles. The molecule has 0 aliphatic carbocycles. The number of carboxylic acids is 1. The van der Waals surface area contributed by atoms with E-state index in [-0.39, 0.29) is 6.10 Å². The highest BCUT2D eigenvalue weighted by Gasteiger charge is 2.03. The van der Waals surface area contributed by atoms with Gasteiger partial charge in [-0.2, -0.15) is 0 Å². The Morgan fingerprint density at radius 3 is 1.30 bits per heavy atom. The molecule has 0 aromatic heterocycles. The monoisotopic (exact) mass is 384 g/mol. The summed E-state index contributed by atoms with van der Waals surface area (Å²) in [5.74, 6) is -0.666. The fourth-order valence-corrected chi connectivity index (χ4v) is 3.73. The molecule has 3 heteroatoms. The van der Waals surface area contributed by atoms with Crippen molar-refractivity contribution >= 4 is 5.97 Å². The Bertz CT molecular complexity index is 304. The smallest absolute Gasteiger partial charge is 0.303 e. The second-order valence-electron chi connectivity index (χ2n) is 8.39. The molecule has 1 unspecified atom stereocenters. The van der Waals surface area contributed by atoms with Crippen LogP contribution in [0, 0.1) is 0 Å². The van der Waals surface area contributed by atoms with E-state index < -0.39 is 5.97 Å². The zero-order chi connectivity index (χ0) is 20.0. The topological polar surface area (TPSA) is 57.5 Å². The van der Waals surface area contributed by atoms with Crippen molar-refractivity contribution in [1.29, 1.82) is 0 Å². The van der Waals surface area contributed by atoms with Gasteiger partial charge in [0.1, 0.15) is 0 Å². The van der Waals surface area contributed by atoms with Crippen LogP contribution in [0.25, 0.3) is 0 Å². The van der Waals surface area contributed by atoms with E-state index in [1.807, 2.05) is 0 Å². The van der Waals surface area contributed by atoms with Gasteiger partial charge >= 0.3 is 5.97 Å². The highest BCUT2D eigenvalue weighted by Crippen LogP contribution is 2.15. The minimum absolute atomic E-state index is 0.0678. The van der Waals surface area contributed by atoms with Crippen LogP contribution < -0.4 is 0 Å². The molecule has 0 rings (SSSR count). The summed E-state index contributed by atoms with van der Waals surface area (Å²) in [6, 6.07) is 0. The number of hydrogen-bond acceptors (Lipinski definition) is 2. The average Bonchev–Trinajstić information content (AvgIpc) is 2.64. The van der Waals surface area contributed by atoms with Gasteiger partial charge in [-0.05, 0) is 19.3 Å². The highest BCUT2D eigenvalue weighted by atomic mass is 16.4. The van der Waals surface area contributed by atoms with Gasteiger partial charge in [-0.3, -0.25) is 4.79 Å². The fourth-order valence-electron chi connectivity index (χ4n) is 3.73. The first-order valence-electron chi connectivity index (χ1n) is 12.1. The van der Waals surface area contributed by atoms with Crippen LogP contribution >= 0.6 is 0 Å². The van der Waals surface area contributed by atoms with Gasteiger partial charge in [0.25, 0.3) is 0 Å². The zero-order valence-electron chi connectivity index (χ0n) is 18.2. The molecule has 2 N–H and O–H groups in total. The second kappa shape index (κ2) is 21.7. The third kappa shape index (κ3) is 23.4. The molecule has 0 saturated carbocycles. The van der Waals surface area contributed by atoms with Crippen molar-refractivity contribution in [2.75, 3.05) is 0 Å². The van der Waals surface area contributed by atoms with Crippen LogP contribution in [0.4, 0.5) is 0 Å². The first-order valence-corrected chi connectivity index (χ1v) is 12.1. The SMILES string of the molecule is CCCCCCCCCC(O)CCCCCCCCCCCCCC(=O)O. The lowest BCUT2D eigenvalue weighted by Gasteiger charge is -2.10. The number of rotatable bonds is 22. The summed E-state index contributed by atoms with van der Waals surface area (Å²) in [7, 11) is 0. The normalized spacial score (nSPS) is 12.4. The number of aliphatic hydroxyl groups is 1. The van der Waals surface area contributed by atoms with Crippen LogP contribution in [-0.4, -0.2) is 22.3 Å². The van der Waals surface area contributed by atoms with E-state index in [2.05, 4.69) is 6.92 Å². The summed E-state index contributed by atoms with van der Waals surface area (Å²) in [4.78, 5) is 10.4. The number of aliphatic carboxylic acids is 1. The summed E-state index contributed by atoms with van der Waals surface area (Å²) in [5, 5.41) is 18.6. The Morgan fingerprint density at radius 2 is 0.926 bits per heavy atom. The van der Waals surface area contributed by atoms with Crippen molar-refractivity contribution in [3.05, 3.63) is 0 Å². The molecular formula is C24H48O3. The van der Waals surface area contributed by atoms with Crippen molar-refractivity contribution in [3.8, 4) is 0 Å². The van der Waals surface area contributed by atoms with Crippen LogP contribution in [0.15, 0.2) is 0 Å². The molecule has 162 valence electrons. The lowest BCUT2D eigenvalue weighted by atomic mass is 10.0.